The zero-order valence-corrected chi connectivity index (χ0v) is 11.4. The van der Waals surface area contributed by atoms with Gasteiger partial charge in [-0.2, -0.15) is 0 Å². The van der Waals surface area contributed by atoms with Crippen LogP contribution in [0.3, 0.4) is 0 Å². The van der Waals surface area contributed by atoms with Gasteiger partial charge in [0.05, 0.1) is 25.0 Å². The third-order valence-corrected chi connectivity index (χ3v) is 3.38. The molecule has 20 heavy (non-hydrogen) atoms. The molecule has 1 aliphatic rings. The van der Waals surface area contributed by atoms with Crippen molar-refractivity contribution >= 4 is 11.7 Å². The first-order valence-corrected chi connectivity index (χ1v) is 6.53. The number of carbonyl (C=O) groups is 1. The fourth-order valence-electron chi connectivity index (χ4n) is 2.15. The Hall–Kier alpha value is -1.95. The number of carboxylic acid groups (broad SMARTS) is 1. The molecule has 0 atom stereocenters. The van der Waals surface area contributed by atoms with Crippen molar-refractivity contribution in [3.8, 4) is 11.5 Å². The maximum absolute atomic E-state index is 11.1. The van der Waals surface area contributed by atoms with Gasteiger partial charge in [0.1, 0.15) is 0 Å². The molecule has 3 N–H and O–H groups in total. The van der Waals surface area contributed by atoms with Crippen molar-refractivity contribution in [2.24, 2.45) is 5.92 Å². The van der Waals surface area contributed by atoms with Crippen LogP contribution in [-0.2, 0) is 4.74 Å². The minimum Gasteiger partial charge on any atom is -0.493 e. The van der Waals surface area contributed by atoms with Gasteiger partial charge in [0.25, 0.3) is 0 Å². The van der Waals surface area contributed by atoms with Crippen LogP contribution < -0.4 is 15.2 Å². The molecule has 1 fully saturated rings. The van der Waals surface area contributed by atoms with E-state index in [1.165, 1.54) is 19.2 Å². The van der Waals surface area contributed by atoms with Gasteiger partial charge in [-0.05, 0) is 18.8 Å². The number of methoxy groups -OCH3 is 1. The van der Waals surface area contributed by atoms with Gasteiger partial charge in [0.15, 0.2) is 11.5 Å². The predicted molar refractivity (Wildman–Crippen MR) is 73.4 cm³/mol. The second kappa shape index (κ2) is 6.47. The molecule has 0 spiro atoms. The fraction of sp³-hybridized carbons (Fsp3) is 0.500. The normalized spacial score (nSPS) is 15.8. The van der Waals surface area contributed by atoms with Gasteiger partial charge in [-0.25, -0.2) is 4.79 Å². The van der Waals surface area contributed by atoms with E-state index in [0.717, 1.165) is 26.1 Å². The molecule has 1 saturated heterocycles. The highest BCUT2D eigenvalue weighted by atomic mass is 16.5. The summed E-state index contributed by atoms with van der Waals surface area (Å²) in [5.74, 6) is 0.186. The molecule has 1 heterocycles. The summed E-state index contributed by atoms with van der Waals surface area (Å²) in [6.45, 7) is 2.00. The number of ether oxygens (including phenoxy) is 3. The topological polar surface area (TPSA) is 91.0 Å². The van der Waals surface area contributed by atoms with Crippen molar-refractivity contribution in [2.75, 3.05) is 32.7 Å². The monoisotopic (exact) mass is 281 g/mol. The molecule has 110 valence electrons. The number of aromatic carboxylic acids is 1. The van der Waals surface area contributed by atoms with E-state index in [1.54, 1.807) is 0 Å². The molecule has 0 unspecified atom stereocenters. The fourth-order valence-corrected chi connectivity index (χ4v) is 2.15. The van der Waals surface area contributed by atoms with Crippen LogP contribution in [0.2, 0.25) is 0 Å². The lowest BCUT2D eigenvalue weighted by molar-refractivity contribution is 0.0493. The highest BCUT2D eigenvalue weighted by Gasteiger charge is 2.18. The van der Waals surface area contributed by atoms with Gasteiger partial charge in [0, 0.05) is 25.3 Å². The molecule has 0 amide bonds. The number of anilines is 1. The lowest BCUT2D eigenvalue weighted by atomic mass is 10.0. The van der Waals surface area contributed by atoms with Crippen LogP contribution >= 0.6 is 0 Å². The van der Waals surface area contributed by atoms with E-state index in [2.05, 4.69) is 0 Å². The molecule has 0 radical (unpaired) electrons. The lowest BCUT2D eigenvalue weighted by Crippen LogP contribution is -2.21. The minimum absolute atomic E-state index is 0.0211. The molecule has 0 bridgehead atoms. The maximum atomic E-state index is 11.1. The van der Waals surface area contributed by atoms with Gasteiger partial charge < -0.3 is 25.1 Å². The Balaban J connectivity index is 2.12. The number of carboxylic acids is 1. The molecule has 1 aliphatic heterocycles. The smallest absolute Gasteiger partial charge is 0.337 e. The first-order valence-electron chi connectivity index (χ1n) is 6.53. The molecule has 0 aliphatic carbocycles. The van der Waals surface area contributed by atoms with Crippen LogP contribution in [0.1, 0.15) is 23.2 Å². The van der Waals surface area contributed by atoms with E-state index in [0.29, 0.717) is 24.0 Å². The average Bonchev–Trinajstić information content (AvgIpc) is 2.46. The van der Waals surface area contributed by atoms with Crippen molar-refractivity contribution in [3.63, 3.8) is 0 Å². The van der Waals surface area contributed by atoms with E-state index in [9.17, 15) is 4.79 Å². The molecular formula is C14H19NO5. The molecule has 6 heteroatoms. The summed E-state index contributed by atoms with van der Waals surface area (Å²) in [5, 5.41) is 9.08. The number of rotatable bonds is 5. The van der Waals surface area contributed by atoms with Crippen LogP contribution in [0.25, 0.3) is 0 Å². The number of nitrogen functional groups attached to an aromatic ring is 1. The summed E-state index contributed by atoms with van der Waals surface area (Å²) >= 11 is 0. The van der Waals surface area contributed by atoms with E-state index >= 15 is 0 Å². The molecule has 0 aromatic heterocycles. The summed E-state index contributed by atoms with van der Waals surface area (Å²) in [6.07, 6.45) is 1.89. The van der Waals surface area contributed by atoms with Crippen LogP contribution in [0.15, 0.2) is 12.1 Å². The SMILES string of the molecule is COc1cc(N)c(C(=O)O)cc1OCC1CCOCC1. The van der Waals surface area contributed by atoms with Gasteiger partial charge in [-0.3, -0.25) is 0 Å². The second-order valence-electron chi connectivity index (χ2n) is 4.76. The third-order valence-electron chi connectivity index (χ3n) is 3.38. The van der Waals surface area contributed by atoms with E-state index in [1.807, 2.05) is 0 Å². The van der Waals surface area contributed by atoms with E-state index in [4.69, 9.17) is 25.1 Å². The molecule has 0 saturated carbocycles. The number of benzene rings is 1. The van der Waals surface area contributed by atoms with Crippen molar-refractivity contribution < 1.29 is 24.1 Å². The zero-order valence-electron chi connectivity index (χ0n) is 11.4. The minimum atomic E-state index is -1.08. The standard InChI is InChI=1S/C14H19NO5/c1-18-12-7-11(15)10(14(16)17)6-13(12)20-8-9-2-4-19-5-3-9/h6-7,9H,2-5,8,15H2,1H3,(H,16,17). The Labute approximate surface area is 117 Å². The largest absolute Gasteiger partial charge is 0.493 e. The first kappa shape index (κ1) is 14.5. The number of hydrogen-bond donors (Lipinski definition) is 2. The van der Waals surface area contributed by atoms with Crippen LogP contribution in [0, 0.1) is 5.92 Å². The predicted octanol–water partition coefficient (Wildman–Crippen LogP) is 1.78. The highest BCUT2D eigenvalue weighted by molar-refractivity contribution is 5.94. The Morgan fingerprint density at radius 2 is 2.10 bits per heavy atom. The molecule has 1 aromatic carbocycles. The third kappa shape index (κ3) is 3.33. The quantitative estimate of drug-likeness (QED) is 0.799. The zero-order chi connectivity index (χ0) is 14.5. The highest BCUT2D eigenvalue weighted by Crippen LogP contribution is 2.33. The van der Waals surface area contributed by atoms with Crippen molar-refractivity contribution in [2.45, 2.75) is 12.8 Å². The molecule has 1 aromatic rings. The molecule has 6 nitrogen and oxygen atoms in total. The maximum Gasteiger partial charge on any atom is 0.337 e. The summed E-state index contributed by atoms with van der Waals surface area (Å²) < 4.78 is 16.2. The first-order chi connectivity index (χ1) is 9.61. The van der Waals surface area contributed by atoms with Crippen LogP contribution in [-0.4, -0.2) is 38.0 Å². The Kier molecular flexibility index (Phi) is 4.68. The summed E-state index contributed by atoms with van der Waals surface area (Å²) in [5.41, 5.74) is 5.85. The van der Waals surface area contributed by atoms with E-state index < -0.39 is 5.97 Å². The summed E-state index contributed by atoms with van der Waals surface area (Å²) in [4.78, 5) is 11.1. The number of hydrogen-bond acceptors (Lipinski definition) is 5. The van der Waals surface area contributed by atoms with Gasteiger partial charge >= 0.3 is 5.97 Å². The van der Waals surface area contributed by atoms with Crippen molar-refractivity contribution in [1.82, 2.24) is 0 Å². The van der Waals surface area contributed by atoms with Crippen LogP contribution in [0.4, 0.5) is 5.69 Å². The Bertz CT molecular complexity index is 483. The van der Waals surface area contributed by atoms with Crippen molar-refractivity contribution in [1.29, 1.82) is 0 Å². The van der Waals surface area contributed by atoms with Gasteiger partial charge in [-0.15, -0.1) is 0 Å². The van der Waals surface area contributed by atoms with Gasteiger partial charge in [-0.1, -0.05) is 0 Å². The Morgan fingerprint density at radius 3 is 2.70 bits per heavy atom. The Morgan fingerprint density at radius 1 is 1.40 bits per heavy atom. The molecule has 2 rings (SSSR count). The summed E-state index contributed by atoms with van der Waals surface area (Å²) in [6, 6.07) is 2.89. The summed E-state index contributed by atoms with van der Waals surface area (Å²) in [7, 11) is 1.50. The van der Waals surface area contributed by atoms with Crippen LogP contribution in [0.5, 0.6) is 11.5 Å². The number of nitrogens with two attached hydrogens (primary N) is 1. The van der Waals surface area contributed by atoms with Crippen molar-refractivity contribution in [3.05, 3.63) is 17.7 Å². The lowest BCUT2D eigenvalue weighted by Gasteiger charge is -2.22. The van der Waals surface area contributed by atoms with Gasteiger partial charge in [0.2, 0.25) is 0 Å². The molecular weight excluding hydrogens is 262 g/mol. The van der Waals surface area contributed by atoms with E-state index in [-0.39, 0.29) is 11.3 Å². The average molecular weight is 281 g/mol. The second-order valence-corrected chi connectivity index (χ2v) is 4.76.